The molecule has 0 bridgehead atoms. The summed E-state index contributed by atoms with van der Waals surface area (Å²) in [6.45, 7) is 0. The van der Waals surface area contributed by atoms with E-state index >= 15 is 0 Å². The number of nitrogens with one attached hydrogen (secondary N) is 1. The van der Waals surface area contributed by atoms with Crippen LogP contribution in [0, 0.1) is 0 Å². The molecule has 0 radical (unpaired) electrons. The highest BCUT2D eigenvalue weighted by Gasteiger charge is 2.05. The number of fused-ring (bicyclic) bond motifs is 1. The predicted octanol–water partition coefficient (Wildman–Crippen LogP) is 0.635. The van der Waals surface area contributed by atoms with Gasteiger partial charge < -0.3 is 9.72 Å². The third-order valence-electron chi connectivity index (χ3n) is 2.46. The van der Waals surface area contributed by atoms with Gasteiger partial charge in [0.2, 0.25) is 0 Å². The molecule has 0 aromatic carbocycles. The molecule has 0 unspecified atom stereocenters. The van der Waals surface area contributed by atoms with Crippen molar-refractivity contribution in [3.8, 4) is 0 Å². The summed E-state index contributed by atoms with van der Waals surface area (Å²) >= 11 is 0. The number of aromatic nitrogens is 1. The van der Waals surface area contributed by atoms with E-state index in [1.54, 1.807) is 0 Å². The number of ether oxygens (including phenoxy) is 1. The largest absolute Gasteiger partial charge is 0.469 e. The van der Waals surface area contributed by atoms with Crippen LogP contribution < -0.4 is 10.6 Å². The normalized spacial score (nSPS) is 23.2. The van der Waals surface area contributed by atoms with Crippen molar-refractivity contribution in [1.82, 2.24) is 4.98 Å². The highest BCUT2D eigenvalue weighted by molar-refractivity contribution is 5.82. The second-order valence-electron chi connectivity index (χ2n) is 3.50. The number of rotatable bonds is 2. The third-order valence-corrected chi connectivity index (χ3v) is 2.46. The van der Waals surface area contributed by atoms with Gasteiger partial charge in [0.15, 0.2) is 0 Å². The summed E-state index contributed by atoms with van der Waals surface area (Å²) in [5.74, 6) is -0.232. The van der Waals surface area contributed by atoms with Crippen molar-refractivity contribution in [1.29, 1.82) is 0 Å². The molecule has 0 fully saturated rings. The topological polar surface area (TPSA) is 42.1 Å². The fourth-order valence-corrected chi connectivity index (χ4v) is 1.65. The number of esters is 1. The van der Waals surface area contributed by atoms with E-state index < -0.39 is 0 Å². The molecule has 1 aliphatic carbocycles. The summed E-state index contributed by atoms with van der Waals surface area (Å²) in [6.07, 6.45) is 11.9. The molecular formula is C13H13NO2. The van der Waals surface area contributed by atoms with Gasteiger partial charge in [-0.1, -0.05) is 30.4 Å². The van der Waals surface area contributed by atoms with Crippen molar-refractivity contribution < 1.29 is 9.53 Å². The van der Waals surface area contributed by atoms with Crippen LogP contribution >= 0.6 is 0 Å². The molecule has 82 valence electrons. The van der Waals surface area contributed by atoms with Gasteiger partial charge in [-0.15, -0.1) is 0 Å². The average molecular weight is 215 g/mol. The second-order valence-corrected chi connectivity index (χ2v) is 3.50. The summed E-state index contributed by atoms with van der Waals surface area (Å²) in [5.41, 5.74) is 0.937. The fourth-order valence-electron chi connectivity index (χ4n) is 1.65. The first-order chi connectivity index (χ1) is 7.81. The lowest BCUT2D eigenvalue weighted by Crippen LogP contribution is -2.26. The zero-order chi connectivity index (χ0) is 11.4. The van der Waals surface area contributed by atoms with E-state index in [4.69, 9.17) is 0 Å². The molecule has 2 rings (SSSR count). The van der Waals surface area contributed by atoms with Gasteiger partial charge in [0.1, 0.15) is 0 Å². The van der Waals surface area contributed by atoms with Gasteiger partial charge in [0, 0.05) is 11.5 Å². The Hall–Kier alpha value is -2.03. The molecule has 1 N–H and O–H groups in total. The van der Waals surface area contributed by atoms with Crippen LogP contribution in [-0.4, -0.2) is 18.1 Å². The molecule has 0 saturated carbocycles. The number of hydrogen-bond donors (Lipinski definition) is 1. The Kier molecular flexibility index (Phi) is 3.05. The van der Waals surface area contributed by atoms with Crippen molar-refractivity contribution in [2.45, 2.75) is 6.42 Å². The predicted molar refractivity (Wildman–Crippen MR) is 62.8 cm³/mol. The van der Waals surface area contributed by atoms with E-state index in [0.29, 0.717) is 0 Å². The van der Waals surface area contributed by atoms with Gasteiger partial charge in [-0.25, -0.2) is 0 Å². The summed E-state index contributed by atoms with van der Waals surface area (Å²) in [7, 11) is 1.40. The van der Waals surface area contributed by atoms with Gasteiger partial charge in [-0.2, -0.15) is 0 Å². The van der Waals surface area contributed by atoms with Gasteiger partial charge in [0.25, 0.3) is 0 Å². The molecule has 0 spiro atoms. The first-order valence-corrected chi connectivity index (χ1v) is 5.09. The minimum absolute atomic E-state index is 0.232. The van der Waals surface area contributed by atoms with Crippen molar-refractivity contribution in [2.75, 3.05) is 7.11 Å². The fraction of sp³-hybridized carbons (Fsp3) is 0.154. The number of aromatic amines is 1. The number of methoxy groups -OCH3 is 1. The smallest absolute Gasteiger partial charge is 0.310 e. The third kappa shape index (κ3) is 2.14. The lowest BCUT2D eigenvalue weighted by atomic mass is 10.1. The molecular weight excluding hydrogens is 202 g/mol. The minimum atomic E-state index is -0.232. The summed E-state index contributed by atoms with van der Waals surface area (Å²) in [4.78, 5) is 14.4. The molecule has 16 heavy (non-hydrogen) atoms. The molecule has 1 aromatic heterocycles. The SMILES string of the molecule is COC(=O)CC1=c2\[nH]cc\c2=C\C=C/C=C\1. The first-order valence-electron chi connectivity index (χ1n) is 5.09. The minimum Gasteiger partial charge on any atom is -0.469 e. The molecule has 1 aromatic rings. The van der Waals surface area contributed by atoms with E-state index in [1.807, 2.05) is 42.6 Å². The van der Waals surface area contributed by atoms with Gasteiger partial charge >= 0.3 is 5.97 Å². The van der Waals surface area contributed by atoms with E-state index in [-0.39, 0.29) is 12.4 Å². The van der Waals surface area contributed by atoms with Crippen LogP contribution in [0.25, 0.3) is 11.6 Å². The highest BCUT2D eigenvalue weighted by Crippen LogP contribution is 2.04. The Bertz CT molecular complexity index is 561. The Morgan fingerprint density at radius 3 is 3.06 bits per heavy atom. The number of hydrogen-bond acceptors (Lipinski definition) is 2. The number of carbonyl (C=O) groups is 1. The quantitative estimate of drug-likeness (QED) is 0.735. The highest BCUT2D eigenvalue weighted by atomic mass is 16.5. The molecule has 0 aliphatic heterocycles. The summed E-state index contributed by atoms with van der Waals surface area (Å²) in [5, 5.41) is 2.06. The number of allylic oxidation sites excluding steroid dienone is 4. The molecule has 0 atom stereocenters. The maximum atomic E-state index is 11.3. The maximum absolute atomic E-state index is 11.3. The van der Waals surface area contributed by atoms with E-state index in [1.165, 1.54) is 7.11 Å². The zero-order valence-corrected chi connectivity index (χ0v) is 9.07. The van der Waals surface area contributed by atoms with Crippen LogP contribution in [0.2, 0.25) is 0 Å². The molecule has 3 nitrogen and oxygen atoms in total. The van der Waals surface area contributed by atoms with Crippen LogP contribution in [0.1, 0.15) is 6.42 Å². The Morgan fingerprint density at radius 2 is 2.25 bits per heavy atom. The Balaban J connectivity index is 2.55. The lowest BCUT2D eigenvalue weighted by Gasteiger charge is -2.00. The Labute approximate surface area is 93.4 Å². The standard InChI is InChI=1S/C13H13NO2/c1-16-12(15)9-11-6-4-2-3-5-10-7-8-14-13(10)11/h2-8,14H,9H2,1H3/b3-2-,4-2?,5-3?,6-4-,10-5-,11-6?,13-11-. The van der Waals surface area contributed by atoms with Crippen molar-refractivity contribution in [3.05, 3.63) is 47.1 Å². The monoisotopic (exact) mass is 215 g/mol. The molecule has 1 aliphatic rings. The zero-order valence-electron chi connectivity index (χ0n) is 9.07. The lowest BCUT2D eigenvalue weighted by molar-refractivity contribution is -0.139. The van der Waals surface area contributed by atoms with E-state index in [2.05, 4.69) is 9.72 Å². The molecule has 3 heteroatoms. The average Bonchev–Trinajstić information content (AvgIpc) is 2.71. The van der Waals surface area contributed by atoms with Crippen molar-refractivity contribution >= 4 is 17.6 Å². The van der Waals surface area contributed by atoms with Crippen LogP contribution in [0.4, 0.5) is 0 Å². The molecule has 0 amide bonds. The maximum Gasteiger partial charge on any atom is 0.310 e. The number of carbonyl (C=O) groups excluding carboxylic acids is 1. The Morgan fingerprint density at radius 1 is 1.38 bits per heavy atom. The van der Waals surface area contributed by atoms with Gasteiger partial charge in [-0.3, -0.25) is 4.79 Å². The summed E-state index contributed by atoms with van der Waals surface area (Å²) < 4.78 is 4.68. The second kappa shape index (κ2) is 4.66. The summed E-state index contributed by atoms with van der Waals surface area (Å²) in [6, 6.07) is 1.98. The van der Waals surface area contributed by atoms with Crippen LogP contribution in [0.15, 0.2) is 36.6 Å². The van der Waals surface area contributed by atoms with Gasteiger partial charge in [-0.05, 0) is 16.9 Å². The van der Waals surface area contributed by atoms with Gasteiger partial charge in [0.05, 0.1) is 13.5 Å². The van der Waals surface area contributed by atoms with E-state index in [9.17, 15) is 4.79 Å². The van der Waals surface area contributed by atoms with Crippen molar-refractivity contribution in [2.24, 2.45) is 0 Å². The van der Waals surface area contributed by atoms with Crippen molar-refractivity contribution in [3.63, 3.8) is 0 Å². The molecule has 0 saturated heterocycles. The molecule has 1 heterocycles. The van der Waals surface area contributed by atoms with Crippen LogP contribution in [0.3, 0.4) is 0 Å². The van der Waals surface area contributed by atoms with E-state index in [0.717, 1.165) is 16.1 Å². The van der Waals surface area contributed by atoms with Crippen LogP contribution in [-0.2, 0) is 9.53 Å². The van der Waals surface area contributed by atoms with Crippen LogP contribution in [0.5, 0.6) is 0 Å². The first kappa shape index (κ1) is 10.5. The number of H-pyrrole nitrogens is 1.